The number of amides is 1. The Balaban J connectivity index is 2.93. The van der Waals surface area contributed by atoms with Gasteiger partial charge in [0.2, 0.25) is 5.91 Å². The Morgan fingerprint density at radius 1 is 1.62 bits per heavy atom. The third kappa shape index (κ3) is 2.61. The maximum absolute atomic E-state index is 11.3. The molecule has 5 nitrogen and oxygen atoms in total. The maximum atomic E-state index is 11.3. The standard InChI is InChI=1S/C11H20N4O/c1-5-13-10(11(12)16)9(4)15-8(3)6-7(2)14-15/h6,9-10,13H,5H2,1-4H3,(H2,12,16). The quantitative estimate of drug-likeness (QED) is 0.766. The van der Waals surface area contributed by atoms with Crippen molar-refractivity contribution < 1.29 is 4.79 Å². The van der Waals surface area contributed by atoms with Gasteiger partial charge in [-0.1, -0.05) is 6.92 Å². The van der Waals surface area contributed by atoms with Gasteiger partial charge in [0, 0.05) is 5.69 Å². The number of hydrogen-bond donors (Lipinski definition) is 2. The second-order valence-electron chi connectivity index (χ2n) is 4.05. The van der Waals surface area contributed by atoms with Gasteiger partial charge in [-0.3, -0.25) is 9.48 Å². The minimum atomic E-state index is -0.386. The Morgan fingerprint density at radius 2 is 2.25 bits per heavy atom. The van der Waals surface area contributed by atoms with E-state index in [1.165, 1.54) is 0 Å². The molecule has 5 heteroatoms. The molecule has 1 rings (SSSR count). The minimum Gasteiger partial charge on any atom is -0.368 e. The topological polar surface area (TPSA) is 72.9 Å². The molecule has 1 aromatic rings. The summed E-state index contributed by atoms with van der Waals surface area (Å²) in [6.07, 6.45) is 0. The zero-order valence-electron chi connectivity index (χ0n) is 10.3. The number of hydrogen-bond acceptors (Lipinski definition) is 3. The van der Waals surface area contributed by atoms with E-state index in [0.29, 0.717) is 6.54 Å². The summed E-state index contributed by atoms with van der Waals surface area (Å²) in [5.74, 6) is -0.345. The van der Waals surface area contributed by atoms with E-state index in [0.717, 1.165) is 11.4 Å². The second kappa shape index (κ2) is 5.12. The van der Waals surface area contributed by atoms with Crippen LogP contribution in [-0.4, -0.2) is 28.3 Å². The number of nitrogens with one attached hydrogen (secondary N) is 1. The largest absolute Gasteiger partial charge is 0.368 e. The lowest BCUT2D eigenvalue weighted by Gasteiger charge is -2.23. The number of primary amides is 1. The fourth-order valence-corrected chi connectivity index (χ4v) is 1.93. The summed E-state index contributed by atoms with van der Waals surface area (Å²) in [6.45, 7) is 8.50. The highest BCUT2D eigenvalue weighted by molar-refractivity contribution is 5.80. The first kappa shape index (κ1) is 12.7. The summed E-state index contributed by atoms with van der Waals surface area (Å²) in [6, 6.07) is 1.52. The van der Waals surface area contributed by atoms with Crippen molar-refractivity contribution in [3.8, 4) is 0 Å². The highest BCUT2D eigenvalue weighted by atomic mass is 16.1. The molecule has 1 heterocycles. The molecule has 0 fully saturated rings. The normalized spacial score (nSPS) is 14.8. The molecular formula is C11H20N4O. The van der Waals surface area contributed by atoms with Crippen LogP contribution < -0.4 is 11.1 Å². The van der Waals surface area contributed by atoms with Crippen LogP contribution in [0.4, 0.5) is 0 Å². The molecule has 1 aromatic heterocycles. The Labute approximate surface area is 96.0 Å². The van der Waals surface area contributed by atoms with Crippen LogP contribution in [0.2, 0.25) is 0 Å². The smallest absolute Gasteiger partial charge is 0.236 e. The molecular weight excluding hydrogens is 204 g/mol. The van der Waals surface area contributed by atoms with Gasteiger partial charge in [0.25, 0.3) is 0 Å². The summed E-state index contributed by atoms with van der Waals surface area (Å²) in [5, 5.41) is 7.45. The zero-order chi connectivity index (χ0) is 12.3. The van der Waals surface area contributed by atoms with Gasteiger partial charge in [0.1, 0.15) is 6.04 Å². The van der Waals surface area contributed by atoms with Crippen molar-refractivity contribution in [1.29, 1.82) is 0 Å². The first-order valence-corrected chi connectivity index (χ1v) is 5.52. The van der Waals surface area contributed by atoms with E-state index in [4.69, 9.17) is 5.73 Å². The molecule has 0 bridgehead atoms. The lowest BCUT2D eigenvalue weighted by Crippen LogP contribution is -2.46. The zero-order valence-corrected chi connectivity index (χ0v) is 10.3. The second-order valence-corrected chi connectivity index (χ2v) is 4.05. The molecule has 0 saturated carbocycles. The van der Waals surface area contributed by atoms with Crippen LogP contribution in [0.1, 0.15) is 31.3 Å². The predicted molar refractivity (Wildman–Crippen MR) is 63.1 cm³/mol. The molecule has 0 aromatic carbocycles. The molecule has 90 valence electrons. The van der Waals surface area contributed by atoms with Crippen molar-refractivity contribution in [3.05, 3.63) is 17.5 Å². The number of nitrogens with two attached hydrogens (primary N) is 1. The van der Waals surface area contributed by atoms with Crippen molar-refractivity contribution in [2.24, 2.45) is 5.73 Å². The van der Waals surface area contributed by atoms with E-state index in [2.05, 4.69) is 10.4 Å². The number of likely N-dealkylation sites (N-methyl/N-ethyl adjacent to an activating group) is 1. The third-order valence-electron chi connectivity index (χ3n) is 2.64. The molecule has 0 radical (unpaired) electrons. The van der Waals surface area contributed by atoms with E-state index < -0.39 is 0 Å². The average Bonchev–Trinajstić information content (AvgIpc) is 2.53. The average molecular weight is 224 g/mol. The summed E-state index contributed by atoms with van der Waals surface area (Å²) in [7, 11) is 0. The van der Waals surface area contributed by atoms with E-state index >= 15 is 0 Å². The Hall–Kier alpha value is -1.36. The van der Waals surface area contributed by atoms with Gasteiger partial charge in [-0.05, 0) is 33.4 Å². The fraction of sp³-hybridized carbons (Fsp3) is 0.636. The lowest BCUT2D eigenvalue weighted by atomic mass is 10.1. The number of nitrogens with zero attached hydrogens (tertiary/aromatic N) is 2. The van der Waals surface area contributed by atoms with Gasteiger partial charge >= 0.3 is 0 Å². The maximum Gasteiger partial charge on any atom is 0.236 e. The molecule has 0 aliphatic carbocycles. The molecule has 0 aliphatic heterocycles. The van der Waals surface area contributed by atoms with Crippen LogP contribution in [0.25, 0.3) is 0 Å². The number of rotatable bonds is 5. The van der Waals surface area contributed by atoms with Crippen LogP contribution in [0.15, 0.2) is 6.07 Å². The lowest BCUT2D eigenvalue weighted by molar-refractivity contribution is -0.121. The summed E-state index contributed by atoms with van der Waals surface area (Å²) in [4.78, 5) is 11.3. The van der Waals surface area contributed by atoms with Crippen molar-refractivity contribution in [1.82, 2.24) is 15.1 Å². The van der Waals surface area contributed by atoms with Gasteiger partial charge in [0.15, 0.2) is 0 Å². The van der Waals surface area contributed by atoms with E-state index in [9.17, 15) is 4.79 Å². The summed E-state index contributed by atoms with van der Waals surface area (Å²) >= 11 is 0. The minimum absolute atomic E-state index is 0.0776. The van der Waals surface area contributed by atoms with Crippen LogP contribution in [-0.2, 0) is 4.79 Å². The van der Waals surface area contributed by atoms with E-state index in [1.54, 1.807) is 0 Å². The third-order valence-corrected chi connectivity index (χ3v) is 2.64. The molecule has 16 heavy (non-hydrogen) atoms. The molecule has 2 unspecified atom stereocenters. The van der Waals surface area contributed by atoms with Crippen molar-refractivity contribution in [3.63, 3.8) is 0 Å². The monoisotopic (exact) mass is 224 g/mol. The molecule has 0 spiro atoms. The Bertz CT molecular complexity index is 372. The van der Waals surface area contributed by atoms with Crippen molar-refractivity contribution in [2.45, 2.75) is 39.8 Å². The summed E-state index contributed by atoms with van der Waals surface area (Å²) < 4.78 is 1.84. The SMILES string of the molecule is CCNC(C(N)=O)C(C)n1nc(C)cc1C. The van der Waals surface area contributed by atoms with E-state index in [-0.39, 0.29) is 18.0 Å². The summed E-state index contributed by atoms with van der Waals surface area (Å²) in [5.41, 5.74) is 7.36. The van der Waals surface area contributed by atoms with Crippen LogP contribution in [0.3, 0.4) is 0 Å². The van der Waals surface area contributed by atoms with Crippen LogP contribution >= 0.6 is 0 Å². The number of aryl methyl sites for hydroxylation is 2. The molecule has 3 N–H and O–H groups in total. The van der Waals surface area contributed by atoms with Gasteiger partial charge in [-0.15, -0.1) is 0 Å². The van der Waals surface area contributed by atoms with Gasteiger partial charge < -0.3 is 11.1 Å². The first-order valence-electron chi connectivity index (χ1n) is 5.52. The van der Waals surface area contributed by atoms with Crippen molar-refractivity contribution >= 4 is 5.91 Å². The number of carbonyl (C=O) groups excluding carboxylic acids is 1. The molecule has 1 amide bonds. The highest BCUT2D eigenvalue weighted by Crippen LogP contribution is 2.14. The van der Waals surface area contributed by atoms with E-state index in [1.807, 2.05) is 38.4 Å². The number of carbonyl (C=O) groups is 1. The van der Waals surface area contributed by atoms with Gasteiger partial charge in [-0.2, -0.15) is 5.10 Å². The predicted octanol–water partition coefficient (Wildman–Crippen LogP) is 0.524. The first-order chi connectivity index (χ1) is 7.47. The van der Waals surface area contributed by atoms with Gasteiger partial charge in [0.05, 0.1) is 11.7 Å². The van der Waals surface area contributed by atoms with Crippen molar-refractivity contribution in [2.75, 3.05) is 6.54 Å². The molecule has 2 atom stereocenters. The van der Waals surface area contributed by atoms with Crippen LogP contribution in [0, 0.1) is 13.8 Å². The van der Waals surface area contributed by atoms with Crippen LogP contribution in [0.5, 0.6) is 0 Å². The Morgan fingerprint density at radius 3 is 2.62 bits per heavy atom. The highest BCUT2D eigenvalue weighted by Gasteiger charge is 2.24. The molecule has 0 aliphatic rings. The Kier molecular flexibility index (Phi) is 4.06. The fourth-order valence-electron chi connectivity index (χ4n) is 1.93. The molecule has 0 saturated heterocycles. The number of aromatic nitrogens is 2. The van der Waals surface area contributed by atoms with Gasteiger partial charge in [-0.25, -0.2) is 0 Å².